The van der Waals surface area contributed by atoms with Gasteiger partial charge in [0.2, 0.25) is 0 Å². The van der Waals surface area contributed by atoms with Crippen molar-refractivity contribution in [1.82, 2.24) is 10.9 Å². The van der Waals surface area contributed by atoms with E-state index in [1.165, 1.54) is 22.4 Å². The van der Waals surface area contributed by atoms with Gasteiger partial charge >= 0.3 is 0 Å². The molecule has 0 saturated heterocycles. The molecule has 74 valence electrons. The minimum Gasteiger partial charge on any atom is -0.326 e. The molecule has 2 N–H and O–H groups in total. The summed E-state index contributed by atoms with van der Waals surface area (Å²) in [5, 5.41) is 0. The van der Waals surface area contributed by atoms with Crippen LogP contribution in [0.25, 0.3) is 0 Å². The number of hydrogen-bond acceptors (Lipinski definition) is 2. The van der Waals surface area contributed by atoms with E-state index in [9.17, 15) is 0 Å². The van der Waals surface area contributed by atoms with Crippen molar-refractivity contribution in [2.45, 2.75) is 20.3 Å². The Morgan fingerprint density at radius 3 is 2.43 bits per heavy atom. The number of allylic oxidation sites excluding steroid dienone is 1. The molecule has 0 amide bonds. The number of hydrogen-bond donors (Lipinski definition) is 2. The van der Waals surface area contributed by atoms with E-state index in [0.29, 0.717) is 0 Å². The Kier molecular flexibility index (Phi) is 2.55. The highest BCUT2D eigenvalue weighted by molar-refractivity contribution is 5.28. The van der Waals surface area contributed by atoms with Gasteiger partial charge in [0.1, 0.15) is 0 Å². The average Bonchev–Trinajstić information content (AvgIpc) is 2.56. The zero-order valence-corrected chi connectivity index (χ0v) is 8.72. The number of benzene rings is 1. The Morgan fingerprint density at radius 1 is 1.14 bits per heavy atom. The van der Waals surface area contributed by atoms with Gasteiger partial charge in [-0.2, -0.15) is 0 Å². The Bertz CT molecular complexity index is 349. The summed E-state index contributed by atoms with van der Waals surface area (Å²) < 4.78 is 0. The molecule has 2 rings (SSSR count). The Morgan fingerprint density at radius 2 is 1.86 bits per heavy atom. The first-order valence-electron chi connectivity index (χ1n) is 4.99. The monoisotopic (exact) mass is 188 g/mol. The molecule has 1 aliphatic heterocycles. The fourth-order valence-electron chi connectivity index (χ4n) is 1.65. The molecule has 0 aliphatic carbocycles. The largest absolute Gasteiger partial charge is 0.326 e. The van der Waals surface area contributed by atoms with Crippen molar-refractivity contribution in [3.63, 3.8) is 0 Å². The number of rotatable bonds is 2. The minimum absolute atomic E-state index is 0.958. The number of aryl methyl sites for hydroxylation is 1. The summed E-state index contributed by atoms with van der Waals surface area (Å²) in [6.45, 7) is 5.19. The number of hydrazine groups is 1. The summed E-state index contributed by atoms with van der Waals surface area (Å²) in [7, 11) is 0. The Balaban J connectivity index is 2.11. The van der Waals surface area contributed by atoms with Crippen molar-refractivity contribution in [3.05, 3.63) is 46.7 Å². The van der Waals surface area contributed by atoms with E-state index in [2.05, 4.69) is 49.0 Å². The maximum absolute atomic E-state index is 3.13. The lowest BCUT2D eigenvalue weighted by Gasteiger charge is -2.03. The molecule has 0 spiro atoms. The smallest absolute Gasteiger partial charge is 0.0381 e. The highest BCUT2D eigenvalue weighted by Gasteiger charge is 2.09. The molecule has 1 aromatic rings. The van der Waals surface area contributed by atoms with E-state index in [0.717, 1.165) is 13.0 Å². The van der Waals surface area contributed by atoms with Crippen molar-refractivity contribution in [2.75, 3.05) is 6.54 Å². The van der Waals surface area contributed by atoms with Crippen LogP contribution in [0.5, 0.6) is 0 Å². The molecule has 1 aliphatic rings. The third kappa shape index (κ3) is 1.96. The van der Waals surface area contributed by atoms with E-state index in [-0.39, 0.29) is 0 Å². The van der Waals surface area contributed by atoms with Crippen LogP contribution in [0.3, 0.4) is 0 Å². The average molecular weight is 188 g/mol. The second kappa shape index (κ2) is 3.84. The van der Waals surface area contributed by atoms with Crippen LogP contribution >= 0.6 is 0 Å². The van der Waals surface area contributed by atoms with Crippen molar-refractivity contribution in [1.29, 1.82) is 0 Å². The van der Waals surface area contributed by atoms with Crippen LogP contribution < -0.4 is 10.9 Å². The van der Waals surface area contributed by atoms with Crippen LogP contribution in [0.4, 0.5) is 0 Å². The van der Waals surface area contributed by atoms with Crippen molar-refractivity contribution < 1.29 is 0 Å². The zero-order valence-electron chi connectivity index (χ0n) is 8.72. The fourth-order valence-corrected chi connectivity index (χ4v) is 1.65. The summed E-state index contributed by atoms with van der Waals surface area (Å²) in [6.07, 6.45) is 1.05. The fraction of sp³-hybridized carbons (Fsp3) is 0.333. The third-order valence-electron chi connectivity index (χ3n) is 2.65. The second-order valence-corrected chi connectivity index (χ2v) is 3.87. The quantitative estimate of drug-likeness (QED) is 0.741. The topological polar surface area (TPSA) is 24.1 Å². The highest BCUT2D eigenvalue weighted by atomic mass is 15.4. The predicted molar refractivity (Wildman–Crippen MR) is 58.7 cm³/mol. The van der Waals surface area contributed by atoms with E-state index in [1.807, 2.05) is 0 Å². The van der Waals surface area contributed by atoms with Crippen molar-refractivity contribution in [2.24, 2.45) is 0 Å². The molecular weight excluding hydrogens is 172 g/mol. The summed E-state index contributed by atoms with van der Waals surface area (Å²) in [5.41, 5.74) is 11.7. The van der Waals surface area contributed by atoms with Gasteiger partial charge in [0.15, 0.2) is 0 Å². The van der Waals surface area contributed by atoms with Crippen LogP contribution in [0, 0.1) is 6.92 Å². The normalized spacial score (nSPS) is 15.9. The van der Waals surface area contributed by atoms with Crippen molar-refractivity contribution >= 4 is 0 Å². The Hall–Kier alpha value is -1.28. The molecular formula is C12H16N2. The van der Waals surface area contributed by atoms with Gasteiger partial charge in [-0.25, -0.2) is 5.43 Å². The van der Waals surface area contributed by atoms with Gasteiger partial charge in [-0.15, -0.1) is 0 Å². The van der Waals surface area contributed by atoms with Crippen LogP contribution in [0.1, 0.15) is 18.1 Å². The van der Waals surface area contributed by atoms with Crippen molar-refractivity contribution in [3.8, 4) is 0 Å². The molecule has 0 fully saturated rings. The van der Waals surface area contributed by atoms with Crippen LogP contribution in [-0.4, -0.2) is 6.54 Å². The van der Waals surface area contributed by atoms with E-state index in [1.54, 1.807) is 0 Å². The summed E-state index contributed by atoms with van der Waals surface area (Å²) in [4.78, 5) is 0. The summed E-state index contributed by atoms with van der Waals surface area (Å²) in [5.74, 6) is 0. The van der Waals surface area contributed by atoms with Gasteiger partial charge < -0.3 is 5.43 Å². The van der Waals surface area contributed by atoms with E-state index in [4.69, 9.17) is 0 Å². The first kappa shape index (κ1) is 9.28. The first-order chi connectivity index (χ1) is 6.75. The summed E-state index contributed by atoms with van der Waals surface area (Å²) in [6, 6.07) is 8.74. The maximum atomic E-state index is 3.13. The van der Waals surface area contributed by atoms with Gasteiger partial charge in [0.25, 0.3) is 0 Å². The molecule has 2 nitrogen and oxygen atoms in total. The SMILES string of the molecule is CC1=C(Cc2ccc(C)cc2)CNN1. The van der Waals surface area contributed by atoms with E-state index < -0.39 is 0 Å². The standard InChI is InChI=1S/C12H16N2/c1-9-3-5-11(6-4-9)7-12-8-13-14-10(12)2/h3-6,13-14H,7-8H2,1-2H3. The zero-order chi connectivity index (χ0) is 9.97. The molecule has 0 radical (unpaired) electrons. The molecule has 0 bridgehead atoms. The maximum Gasteiger partial charge on any atom is 0.0381 e. The van der Waals surface area contributed by atoms with Gasteiger partial charge in [-0.05, 0) is 31.4 Å². The van der Waals surface area contributed by atoms with Gasteiger partial charge in [0, 0.05) is 12.2 Å². The minimum atomic E-state index is 0.958. The molecule has 0 unspecified atom stereocenters. The van der Waals surface area contributed by atoms with Gasteiger partial charge in [-0.3, -0.25) is 0 Å². The van der Waals surface area contributed by atoms with Crippen LogP contribution in [0.2, 0.25) is 0 Å². The lowest BCUT2D eigenvalue weighted by molar-refractivity contribution is 0.696. The van der Waals surface area contributed by atoms with Gasteiger partial charge in [-0.1, -0.05) is 29.8 Å². The van der Waals surface area contributed by atoms with Crippen LogP contribution in [-0.2, 0) is 6.42 Å². The second-order valence-electron chi connectivity index (χ2n) is 3.87. The number of nitrogens with one attached hydrogen (secondary N) is 2. The molecule has 0 saturated carbocycles. The van der Waals surface area contributed by atoms with Gasteiger partial charge in [0.05, 0.1) is 0 Å². The molecule has 0 aromatic heterocycles. The van der Waals surface area contributed by atoms with Crippen LogP contribution in [0.15, 0.2) is 35.5 Å². The molecule has 1 heterocycles. The Labute approximate surface area is 85.0 Å². The lowest BCUT2D eigenvalue weighted by Crippen LogP contribution is -2.22. The summed E-state index contributed by atoms with van der Waals surface area (Å²) >= 11 is 0. The lowest BCUT2D eigenvalue weighted by atomic mass is 10.0. The molecule has 0 atom stereocenters. The third-order valence-corrected chi connectivity index (χ3v) is 2.65. The van der Waals surface area contributed by atoms with E-state index >= 15 is 0 Å². The first-order valence-corrected chi connectivity index (χ1v) is 4.99. The highest BCUT2D eigenvalue weighted by Crippen LogP contribution is 2.13. The molecule has 14 heavy (non-hydrogen) atoms. The molecule has 1 aromatic carbocycles. The predicted octanol–water partition coefficient (Wildman–Crippen LogP) is 1.92. The molecule has 2 heteroatoms.